The number of benzene rings is 2. The number of oxazole rings is 1. The number of hydrogen-bond donors (Lipinski definition) is 3. The second-order valence-corrected chi connectivity index (χ2v) is 8.28. The van der Waals surface area contributed by atoms with Crippen molar-refractivity contribution in [3.8, 4) is 0 Å². The topological polar surface area (TPSA) is 102 Å². The molecule has 3 N–H and O–H groups in total. The van der Waals surface area contributed by atoms with Gasteiger partial charge < -0.3 is 24.9 Å². The monoisotopic (exact) mass is 467 g/mol. The standard InChI is InChI=1S/C23H23F2N7O2/c1-13-12-26-22(30-21(13)27-14-3-4-19-18(11-14)29-23(33)34-19)28-15-9-16(24)20(17(25)10-15)32-7-5-31(2)6-8-32/h3-4,9-12H,5-8H2,1-2H3,(H,29,33)(H2,26,27,28,30). The first kappa shape index (κ1) is 21.8. The van der Waals surface area contributed by atoms with Gasteiger partial charge in [0, 0.05) is 49.3 Å². The molecule has 0 amide bonds. The zero-order valence-corrected chi connectivity index (χ0v) is 18.7. The number of piperazine rings is 1. The molecule has 1 aliphatic rings. The normalized spacial score (nSPS) is 14.5. The molecule has 0 saturated carbocycles. The molecule has 4 aromatic rings. The largest absolute Gasteiger partial charge is 0.417 e. The average molecular weight is 467 g/mol. The van der Waals surface area contributed by atoms with E-state index in [0.717, 1.165) is 18.7 Å². The number of aryl methyl sites for hydroxylation is 1. The van der Waals surface area contributed by atoms with Crippen LogP contribution in [0.4, 0.5) is 37.6 Å². The summed E-state index contributed by atoms with van der Waals surface area (Å²) >= 11 is 0. The van der Waals surface area contributed by atoms with E-state index >= 15 is 0 Å². The van der Waals surface area contributed by atoms with E-state index in [0.29, 0.717) is 35.7 Å². The van der Waals surface area contributed by atoms with Gasteiger partial charge >= 0.3 is 5.76 Å². The summed E-state index contributed by atoms with van der Waals surface area (Å²) in [6, 6.07) is 7.62. The highest BCUT2D eigenvalue weighted by Crippen LogP contribution is 2.29. The molecule has 0 aliphatic carbocycles. The van der Waals surface area contributed by atoms with Gasteiger partial charge in [-0.2, -0.15) is 4.98 Å². The molecule has 1 saturated heterocycles. The number of halogens is 2. The van der Waals surface area contributed by atoms with E-state index in [4.69, 9.17) is 4.42 Å². The lowest BCUT2D eigenvalue weighted by Gasteiger charge is -2.34. The zero-order valence-electron chi connectivity index (χ0n) is 18.7. The van der Waals surface area contributed by atoms with Gasteiger partial charge in [-0.3, -0.25) is 4.98 Å². The summed E-state index contributed by atoms with van der Waals surface area (Å²) < 4.78 is 34.7. The number of nitrogens with zero attached hydrogens (tertiary/aromatic N) is 4. The Kier molecular flexibility index (Phi) is 5.62. The van der Waals surface area contributed by atoms with E-state index in [1.165, 1.54) is 12.1 Å². The lowest BCUT2D eigenvalue weighted by atomic mass is 10.2. The van der Waals surface area contributed by atoms with E-state index in [9.17, 15) is 13.6 Å². The van der Waals surface area contributed by atoms with Crippen molar-refractivity contribution >= 4 is 39.9 Å². The van der Waals surface area contributed by atoms with Gasteiger partial charge in [-0.25, -0.2) is 18.6 Å². The number of anilines is 5. The van der Waals surface area contributed by atoms with Crippen LogP contribution in [0.25, 0.3) is 11.1 Å². The minimum atomic E-state index is -0.639. The quantitative estimate of drug-likeness (QED) is 0.408. The van der Waals surface area contributed by atoms with Crippen LogP contribution in [0.5, 0.6) is 0 Å². The summed E-state index contributed by atoms with van der Waals surface area (Å²) in [6.07, 6.45) is 1.60. The van der Waals surface area contributed by atoms with Gasteiger partial charge in [-0.15, -0.1) is 0 Å². The van der Waals surface area contributed by atoms with Crippen molar-refractivity contribution in [3.63, 3.8) is 0 Å². The van der Waals surface area contributed by atoms with Gasteiger partial charge in [0.1, 0.15) is 11.5 Å². The molecule has 176 valence electrons. The van der Waals surface area contributed by atoms with Gasteiger partial charge in [0.15, 0.2) is 17.2 Å². The maximum atomic E-state index is 14.8. The van der Waals surface area contributed by atoms with Crippen molar-refractivity contribution in [2.45, 2.75) is 6.92 Å². The number of H-pyrrole nitrogens is 1. The maximum Gasteiger partial charge on any atom is 0.417 e. The van der Waals surface area contributed by atoms with Crippen LogP contribution in [0.1, 0.15) is 5.56 Å². The van der Waals surface area contributed by atoms with Crippen molar-refractivity contribution < 1.29 is 13.2 Å². The molecule has 0 spiro atoms. The highest BCUT2D eigenvalue weighted by Gasteiger charge is 2.22. The van der Waals surface area contributed by atoms with E-state index in [1.54, 1.807) is 29.3 Å². The Labute approximate surface area is 193 Å². The molecule has 1 fully saturated rings. The molecular weight excluding hydrogens is 444 g/mol. The lowest BCUT2D eigenvalue weighted by molar-refractivity contribution is 0.310. The SMILES string of the molecule is Cc1cnc(Nc2cc(F)c(N3CCN(C)CC3)c(F)c2)nc1Nc1ccc2oc(=O)[nH]c2c1. The highest BCUT2D eigenvalue weighted by molar-refractivity contribution is 5.78. The number of likely N-dealkylation sites (N-methyl/N-ethyl adjacent to an activating group) is 1. The average Bonchev–Trinajstić information content (AvgIpc) is 3.16. The smallest absolute Gasteiger partial charge is 0.408 e. The van der Waals surface area contributed by atoms with Gasteiger partial charge in [-0.1, -0.05) is 0 Å². The second-order valence-electron chi connectivity index (χ2n) is 8.28. The van der Waals surface area contributed by atoms with E-state index in [1.807, 2.05) is 14.0 Å². The first-order chi connectivity index (χ1) is 16.4. The van der Waals surface area contributed by atoms with Crippen LogP contribution in [0.3, 0.4) is 0 Å². The van der Waals surface area contributed by atoms with Crippen molar-refractivity contribution in [1.29, 1.82) is 0 Å². The van der Waals surface area contributed by atoms with Gasteiger partial charge in [-0.05, 0) is 44.3 Å². The minimum absolute atomic E-state index is 0.0153. The Hall–Kier alpha value is -3.99. The molecule has 9 nitrogen and oxygen atoms in total. The number of aromatic amines is 1. The van der Waals surface area contributed by atoms with Crippen molar-refractivity contribution in [1.82, 2.24) is 19.9 Å². The number of aromatic nitrogens is 3. The fraction of sp³-hybridized carbons (Fsp3) is 0.261. The lowest BCUT2D eigenvalue weighted by Crippen LogP contribution is -2.45. The fourth-order valence-corrected chi connectivity index (χ4v) is 3.89. The molecular formula is C23H23F2N7O2. The molecule has 34 heavy (non-hydrogen) atoms. The Balaban J connectivity index is 1.36. The molecule has 1 aliphatic heterocycles. The first-order valence-corrected chi connectivity index (χ1v) is 10.8. The Morgan fingerprint density at radius 1 is 1.03 bits per heavy atom. The Morgan fingerprint density at radius 2 is 1.76 bits per heavy atom. The fourth-order valence-electron chi connectivity index (χ4n) is 3.89. The summed E-state index contributed by atoms with van der Waals surface area (Å²) in [5, 5.41) is 6.04. The molecule has 2 aromatic heterocycles. The summed E-state index contributed by atoms with van der Waals surface area (Å²) in [4.78, 5) is 26.5. The van der Waals surface area contributed by atoms with Crippen LogP contribution in [0, 0.1) is 18.6 Å². The third-order valence-corrected chi connectivity index (χ3v) is 5.75. The van der Waals surface area contributed by atoms with Crippen molar-refractivity contribution in [2.75, 3.05) is 48.8 Å². The predicted molar refractivity (Wildman–Crippen MR) is 126 cm³/mol. The predicted octanol–water partition coefficient (Wildman–Crippen LogP) is 3.74. The Bertz CT molecular complexity index is 1390. The third kappa shape index (κ3) is 4.42. The molecule has 0 radical (unpaired) electrons. The van der Waals surface area contributed by atoms with Crippen LogP contribution in [-0.4, -0.2) is 53.1 Å². The summed E-state index contributed by atoms with van der Waals surface area (Å²) in [7, 11) is 1.98. The third-order valence-electron chi connectivity index (χ3n) is 5.75. The van der Waals surface area contributed by atoms with Crippen molar-refractivity contribution in [2.24, 2.45) is 0 Å². The molecule has 11 heteroatoms. The van der Waals surface area contributed by atoms with Crippen LogP contribution in [-0.2, 0) is 0 Å². The molecule has 0 atom stereocenters. The van der Waals surface area contributed by atoms with Crippen molar-refractivity contribution in [3.05, 3.63) is 64.3 Å². The summed E-state index contributed by atoms with van der Waals surface area (Å²) in [5.74, 6) is -1.13. The number of fused-ring (bicyclic) bond motifs is 1. The second kappa shape index (κ2) is 8.75. The van der Waals surface area contributed by atoms with Gasteiger partial charge in [0.25, 0.3) is 0 Å². The Morgan fingerprint density at radius 3 is 2.50 bits per heavy atom. The molecule has 0 unspecified atom stereocenters. The molecule has 0 bridgehead atoms. The van der Waals surface area contributed by atoms with E-state index < -0.39 is 17.4 Å². The molecule has 5 rings (SSSR count). The van der Waals surface area contributed by atoms with Crippen LogP contribution in [0.2, 0.25) is 0 Å². The van der Waals surface area contributed by atoms with Gasteiger partial charge in [0.05, 0.1) is 5.52 Å². The summed E-state index contributed by atoms with van der Waals surface area (Å²) in [6.45, 7) is 4.44. The summed E-state index contributed by atoms with van der Waals surface area (Å²) in [5.41, 5.74) is 2.62. The molecule has 3 heterocycles. The first-order valence-electron chi connectivity index (χ1n) is 10.8. The minimum Gasteiger partial charge on any atom is -0.408 e. The van der Waals surface area contributed by atoms with Crippen LogP contribution < -0.4 is 21.3 Å². The number of nitrogens with one attached hydrogen (secondary N) is 3. The number of rotatable bonds is 5. The van der Waals surface area contributed by atoms with Crippen LogP contribution >= 0.6 is 0 Å². The van der Waals surface area contributed by atoms with Crippen LogP contribution in [0.15, 0.2) is 45.7 Å². The number of hydrogen-bond acceptors (Lipinski definition) is 8. The zero-order chi connectivity index (χ0) is 23.8. The van der Waals surface area contributed by atoms with Gasteiger partial charge in [0.2, 0.25) is 5.95 Å². The van der Waals surface area contributed by atoms with E-state index in [2.05, 4.69) is 30.5 Å². The molecule has 2 aromatic carbocycles. The highest BCUT2D eigenvalue weighted by atomic mass is 19.1. The maximum absolute atomic E-state index is 14.8. The van der Waals surface area contributed by atoms with E-state index in [-0.39, 0.29) is 17.3 Å².